The fourth-order valence-electron chi connectivity index (χ4n) is 1.80. The van der Waals surface area contributed by atoms with Gasteiger partial charge in [-0.15, -0.1) is 0 Å². The van der Waals surface area contributed by atoms with Crippen molar-refractivity contribution in [3.05, 3.63) is 0 Å². The number of nitrogens with one attached hydrogen (secondary N) is 2. The SMILES string of the molecule is CCNC(C)(NCC)[SiH2]C(C)C. The molecule has 0 saturated carbocycles. The van der Waals surface area contributed by atoms with Gasteiger partial charge >= 0.3 is 0 Å². The summed E-state index contributed by atoms with van der Waals surface area (Å²) >= 11 is 0. The molecule has 0 saturated heterocycles. The maximum atomic E-state index is 3.54. The Morgan fingerprint density at radius 2 is 1.58 bits per heavy atom. The van der Waals surface area contributed by atoms with Gasteiger partial charge in [-0.3, -0.25) is 0 Å². The summed E-state index contributed by atoms with van der Waals surface area (Å²) < 4.78 is 0. The fraction of sp³-hybridized carbons (Fsp3) is 1.00. The Morgan fingerprint density at radius 1 is 1.17 bits per heavy atom. The van der Waals surface area contributed by atoms with Crippen molar-refractivity contribution < 1.29 is 0 Å². The monoisotopic (exact) mass is 188 g/mol. The van der Waals surface area contributed by atoms with Gasteiger partial charge in [0.1, 0.15) is 0 Å². The Kier molecular flexibility index (Phi) is 5.79. The van der Waals surface area contributed by atoms with Crippen molar-refractivity contribution >= 4 is 9.52 Å². The number of hydrogen-bond donors (Lipinski definition) is 2. The molecule has 0 rings (SSSR count). The second-order valence-electron chi connectivity index (χ2n) is 3.99. The van der Waals surface area contributed by atoms with Gasteiger partial charge in [-0.25, -0.2) is 0 Å². The maximum Gasteiger partial charge on any atom is 0.0648 e. The molecule has 0 unspecified atom stereocenters. The van der Waals surface area contributed by atoms with Crippen molar-refractivity contribution in [3.8, 4) is 0 Å². The summed E-state index contributed by atoms with van der Waals surface area (Å²) in [4.78, 5) is 0. The first-order chi connectivity index (χ1) is 5.54. The highest BCUT2D eigenvalue weighted by Crippen LogP contribution is 2.07. The van der Waals surface area contributed by atoms with Crippen LogP contribution < -0.4 is 10.6 Å². The molecule has 12 heavy (non-hydrogen) atoms. The van der Waals surface area contributed by atoms with Gasteiger partial charge < -0.3 is 10.6 Å². The van der Waals surface area contributed by atoms with E-state index < -0.39 is 0 Å². The standard InChI is InChI=1S/C9H24N2Si/c1-6-10-9(5,11-7-2)12-8(3)4/h8,10-11H,6-7,12H2,1-5H3. The van der Waals surface area contributed by atoms with Crippen LogP contribution in [0.15, 0.2) is 0 Å². The third-order valence-electron chi connectivity index (χ3n) is 1.95. The molecule has 0 aliphatic carbocycles. The summed E-state index contributed by atoms with van der Waals surface area (Å²) in [5.74, 6) is 0. The molecule has 0 aromatic carbocycles. The minimum atomic E-state index is -0.0806. The Hall–Kier alpha value is 0.137. The van der Waals surface area contributed by atoms with Crippen LogP contribution in [0.2, 0.25) is 5.54 Å². The zero-order chi connectivity index (χ0) is 9.61. The summed E-state index contributed by atoms with van der Waals surface area (Å²) in [5.41, 5.74) is 0.869. The summed E-state index contributed by atoms with van der Waals surface area (Å²) in [7, 11) is -0.0806. The molecule has 0 aliphatic heterocycles. The van der Waals surface area contributed by atoms with Crippen molar-refractivity contribution in [1.29, 1.82) is 0 Å². The summed E-state index contributed by atoms with van der Waals surface area (Å²) in [6.45, 7) is 13.4. The molecule has 0 spiro atoms. The van der Waals surface area contributed by atoms with E-state index in [1.807, 2.05) is 0 Å². The molecule has 2 N–H and O–H groups in total. The van der Waals surface area contributed by atoms with E-state index in [9.17, 15) is 0 Å². The van der Waals surface area contributed by atoms with Crippen molar-refractivity contribution in [2.75, 3.05) is 13.1 Å². The Bertz CT molecular complexity index is 109. The topological polar surface area (TPSA) is 24.1 Å². The van der Waals surface area contributed by atoms with E-state index in [-0.39, 0.29) is 14.8 Å². The van der Waals surface area contributed by atoms with Gasteiger partial charge in [0.25, 0.3) is 0 Å². The zero-order valence-corrected chi connectivity index (χ0v) is 10.6. The first-order valence-electron chi connectivity index (χ1n) is 5.04. The third kappa shape index (κ3) is 4.90. The van der Waals surface area contributed by atoms with Gasteiger partial charge in [0.05, 0.1) is 9.52 Å². The van der Waals surface area contributed by atoms with Gasteiger partial charge in [0.15, 0.2) is 0 Å². The fourth-order valence-corrected chi connectivity index (χ4v) is 4.23. The summed E-state index contributed by atoms with van der Waals surface area (Å²) in [6.07, 6.45) is 0. The van der Waals surface area contributed by atoms with E-state index in [1.54, 1.807) is 0 Å². The quantitative estimate of drug-likeness (QED) is 0.477. The minimum Gasteiger partial charge on any atom is -0.303 e. The van der Waals surface area contributed by atoms with Crippen LogP contribution in [0.5, 0.6) is 0 Å². The lowest BCUT2D eigenvalue weighted by molar-refractivity contribution is 0.410. The highest BCUT2D eigenvalue weighted by atomic mass is 28.2. The second kappa shape index (κ2) is 5.73. The van der Waals surface area contributed by atoms with Crippen LogP contribution in [0.4, 0.5) is 0 Å². The van der Waals surface area contributed by atoms with E-state index in [1.165, 1.54) is 0 Å². The van der Waals surface area contributed by atoms with Crippen molar-refractivity contribution in [2.24, 2.45) is 0 Å². The predicted octanol–water partition coefficient (Wildman–Crippen LogP) is 0.876. The highest BCUT2D eigenvalue weighted by molar-refractivity contribution is 6.41. The normalized spacial score (nSPS) is 13.5. The van der Waals surface area contributed by atoms with Crippen LogP contribution in [0, 0.1) is 0 Å². The third-order valence-corrected chi connectivity index (χ3v) is 4.08. The average molecular weight is 188 g/mol. The van der Waals surface area contributed by atoms with Gasteiger partial charge in [0.2, 0.25) is 0 Å². The van der Waals surface area contributed by atoms with Crippen molar-refractivity contribution in [1.82, 2.24) is 10.6 Å². The molecule has 0 bridgehead atoms. The second-order valence-corrected chi connectivity index (χ2v) is 7.45. The van der Waals surface area contributed by atoms with Gasteiger partial charge in [-0.05, 0) is 20.0 Å². The highest BCUT2D eigenvalue weighted by Gasteiger charge is 2.22. The molecule has 3 heteroatoms. The van der Waals surface area contributed by atoms with Crippen LogP contribution in [0.1, 0.15) is 34.6 Å². The van der Waals surface area contributed by atoms with Crippen molar-refractivity contribution in [2.45, 2.75) is 45.4 Å². The smallest absolute Gasteiger partial charge is 0.0648 e. The first kappa shape index (κ1) is 12.1. The first-order valence-corrected chi connectivity index (χ1v) is 6.56. The molecule has 0 aromatic heterocycles. The molecule has 2 nitrogen and oxygen atoms in total. The van der Waals surface area contributed by atoms with E-state index >= 15 is 0 Å². The van der Waals surface area contributed by atoms with Crippen molar-refractivity contribution in [3.63, 3.8) is 0 Å². The van der Waals surface area contributed by atoms with Crippen LogP contribution in [-0.4, -0.2) is 27.9 Å². The molecule has 0 radical (unpaired) electrons. The lowest BCUT2D eigenvalue weighted by Crippen LogP contribution is -2.59. The lowest BCUT2D eigenvalue weighted by atomic mass is 10.5. The molecular formula is C9H24N2Si. The van der Waals surface area contributed by atoms with Crippen LogP contribution in [0.3, 0.4) is 0 Å². The van der Waals surface area contributed by atoms with Crippen LogP contribution in [0.25, 0.3) is 0 Å². The van der Waals surface area contributed by atoms with E-state index in [4.69, 9.17) is 0 Å². The van der Waals surface area contributed by atoms with Crippen LogP contribution >= 0.6 is 0 Å². The molecule has 0 fully saturated rings. The molecule has 0 heterocycles. The average Bonchev–Trinajstić information content (AvgIpc) is 1.85. The maximum absolute atomic E-state index is 3.54. The molecule has 0 atom stereocenters. The minimum absolute atomic E-state index is 0.0806. The largest absolute Gasteiger partial charge is 0.303 e. The van der Waals surface area contributed by atoms with E-state index in [0.29, 0.717) is 0 Å². The predicted molar refractivity (Wildman–Crippen MR) is 59.4 cm³/mol. The molecule has 0 aromatic rings. The Morgan fingerprint density at radius 3 is 1.83 bits per heavy atom. The van der Waals surface area contributed by atoms with E-state index in [2.05, 4.69) is 45.3 Å². The molecule has 74 valence electrons. The Balaban J connectivity index is 3.98. The molecule has 0 aliphatic rings. The lowest BCUT2D eigenvalue weighted by Gasteiger charge is -2.33. The molecule has 0 amide bonds. The van der Waals surface area contributed by atoms with Gasteiger partial charge in [-0.1, -0.05) is 33.2 Å². The number of rotatable bonds is 6. The van der Waals surface area contributed by atoms with Gasteiger partial charge in [-0.2, -0.15) is 0 Å². The molecular weight excluding hydrogens is 164 g/mol. The zero-order valence-electron chi connectivity index (χ0n) is 9.20. The van der Waals surface area contributed by atoms with Gasteiger partial charge in [0, 0.05) is 5.29 Å². The van der Waals surface area contributed by atoms with E-state index in [0.717, 1.165) is 18.6 Å². The summed E-state index contributed by atoms with van der Waals surface area (Å²) in [6, 6.07) is 0. The van der Waals surface area contributed by atoms with Crippen LogP contribution in [-0.2, 0) is 0 Å². The summed E-state index contributed by atoms with van der Waals surface area (Å²) in [5, 5.41) is 7.35. The Labute approximate surface area is 79.3 Å². The number of hydrogen-bond acceptors (Lipinski definition) is 2.